The zero-order chi connectivity index (χ0) is 12.6. The minimum absolute atomic E-state index is 0. The maximum Gasteiger partial charge on any atom is 0.220 e. The van der Waals surface area contributed by atoms with E-state index in [4.69, 9.17) is 0 Å². The first-order valence-electron chi connectivity index (χ1n) is 7.66. The highest BCUT2D eigenvalue weighted by Gasteiger charge is 2.40. The Morgan fingerprint density at radius 3 is 2.58 bits per heavy atom. The van der Waals surface area contributed by atoms with Gasteiger partial charge >= 0.3 is 0 Å². The fourth-order valence-electron chi connectivity index (χ4n) is 4.36. The molecule has 1 aliphatic heterocycles. The minimum atomic E-state index is 0. The molecule has 0 radical (unpaired) electrons. The third-order valence-electron chi connectivity index (χ3n) is 5.48. The number of hydrogen-bond donors (Lipinski definition) is 2. The summed E-state index contributed by atoms with van der Waals surface area (Å²) in [5.41, 5.74) is 0.0416. The second-order valence-corrected chi connectivity index (χ2v) is 7.00. The molecule has 2 N–H and O–H groups in total. The highest BCUT2D eigenvalue weighted by molar-refractivity contribution is 5.85. The molecule has 3 nitrogen and oxygen atoms in total. The second kappa shape index (κ2) is 6.01. The maximum absolute atomic E-state index is 12.2. The standard InChI is InChI=1S/C15H26N2O.ClH/c1-15(4-6-16-7-5-15)17-14(18)10-13-9-11-2-3-12(13)8-11;/h11-13,16H,2-10H2,1H3,(H,17,18);1H. The zero-order valence-corrected chi connectivity index (χ0v) is 12.7. The van der Waals surface area contributed by atoms with Gasteiger partial charge in [-0.2, -0.15) is 0 Å². The Balaban J connectivity index is 0.00000133. The SMILES string of the molecule is CC1(NC(=O)CC2CC3CCC2C3)CCNCC1.Cl. The Morgan fingerprint density at radius 1 is 1.26 bits per heavy atom. The van der Waals surface area contributed by atoms with Crippen molar-refractivity contribution in [2.75, 3.05) is 13.1 Å². The molecule has 2 aliphatic carbocycles. The molecule has 1 saturated heterocycles. The minimum Gasteiger partial charge on any atom is -0.351 e. The van der Waals surface area contributed by atoms with Crippen LogP contribution in [0.1, 0.15) is 51.9 Å². The van der Waals surface area contributed by atoms with Gasteiger partial charge in [-0.05, 0) is 69.9 Å². The smallest absolute Gasteiger partial charge is 0.220 e. The third kappa shape index (κ3) is 3.43. The Kier molecular flexibility index (Phi) is 4.78. The molecule has 4 heteroatoms. The number of carbonyl (C=O) groups excluding carboxylic acids is 1. The molecular weight excluding hydrogens is 260 g/mol. The highest BCUT2D eigenvalue weighted by atomic mass is 35.5. The van der Waals surface area contributed by atoms with E-state index in [1.807, 2.05) is 0 Å². The molecular formula is C15H27ClN2O. The summed E-state index contributed by atoms with van der Waals surface area (Å²) in [5.74, 6) is 2.80. The average molecular weight is 287 g/mol. The van der Waals surface area contributed by atoms with Crippen LogP contribution in [0.25, 0.3) is 0 Å². The van der Waals surface area contributed by atoms with Crippen molar-refractivity contribution < 1.29 is 4.79 Å². The van der Waals surface area contributed by atoms with Crippen molar-refractivity contribution in [1.82, 2.24) is 10.6 Å². The van der Waals surface area contributed by atoms with Gasteiger partial charge in [0, 0.05) is 12.0 Å². The zero-order valence-electron chi connectivity index (χ0n) is 11.9. The molecule has 3 unspecified atom stereocenters. The molecule has 110 valence electrons. The van der Waals surface area contributed by atoms with Gasteiger partial charge < -0.3 is 10.6 Å². The van der Waals surface area contributed by atoms with E-state index in [2.05, 4.69) is 17.6 Å². The van der Waals surface area contributed by atoms with Crippen LogP contribution in [0.15, 0.2) is 0 Å². The molecule has 3 rings (SSSR count). The summed E-state index contributed by atoms with van der Waals surface area (Å²) in [6.07, 6.45) is 8.43. The van der Waals surface area contributed by atoms with Crippen molar-refractivity contribution in [3.05, 3.63) is 0 Å². The van der Waals surface area contributed by atoms with Crippen molar-refractivity contribution >= 4 is 18.3 Å². The number of halogens is 1. The van der Waals surface area contributed by atoms with Gasteiger partial charge in [0.2, 0.25) is 5.91 Å². The lowest BCUT2D eigenvalue weighted by Crippen LogP contribution is -2.52. The lowest BCUT2D eigenvalue weighted by Gasteiger charge is -2.35. The van der Waals surface area contributed by atoms with Crippen molar-refractivity contribution in [2.45, 2.75) is 57.4 Å². The number of hydrogen-bond acceptors (Lipinski definition) is 2. The van der Waals surface area contributed by atoms with E-state index in [1.165, 1.54) is 25.7 Å². The van der Waals surface area contributed by atoms with Crippen LogP contribution in [-0.4, -0.2) is 24.5 Å². The Bertz CT molecular complexity index is 328. The van der Waals surface area contributed by atoms with Crippen LogP contribution >= 0.6 is 12.4 Å². The fraction of sp³-hybridized carbons (Fsp3) is 0.933. The summed E-state index contributed by atoms with van der Waals surface area (Å²) in [4.78, 5) is 12.2. The van der Waals surface area contributed by atoms with Gasteiger partial charge in [0.05, 0.1) is 0 Å². The van der Waals surface area contributed by atoms with E-state index in [-0.39, 0.29) is 17.9 Å². The van der Waals surface area contributed by atoms with Crippen LogP contribution < -0.4 is 10.6 Å². The molecule has 1 heterocycles. The molecule has 3 fully saturated rings. The van der Waals surface area contributed by atoms with Crippen LogP contribution in [0, 0.1) is 17.8 Å². The van der Waals surface area contributed by atoms with Gasteiger partial charge in [-0.1, -0.05) is 6.42 Å². The molecule has 1 amide bonds. The van der Waals surface area contributed by atoms with Crippen LogP contribution in [0.3, 0.4) is 0 Å². The topological polar surface area (TPSA) is 41.1 Å². The number of amides is 1. The molecule has 3 aliphatic rings. The quantitative estimate of drug-likeness (QED) is 0.837. The lowest BCUT2D eigenvalue weighted by atomic mass is 9.85. The third-order valence-corrected chi connectivity index (χ3v) is 5.48. The average Bonchev–Trinajstić information content (AvgIpc) is 2.90. The first-order chi connectivity index (χ1) is 8.65. The summed E-state index contributed by atoms with van der Waals surface area (Å²) >= 11 is 0. The number of piperidine rings is 1. The first-order valence-corrected chi connectivity index (χ1v) is 7.66. The van der Waals surface area contributed by atoms with Crippen LogP contribution in [-0.2, 0) is 4.79 Å². The van der Waals surface area contributed by atoms with Gasteiger partial charge in [-0.15, -0.1) is 12.4 Å². The van der Waals surface area contributed by atoms with Gasteiger partial charge in [0.15, 0.2) is 0 Å². The molecule has 0 aromatic rings. The molecule has 2 bridgehead atoms. The maximum atomic E-state index is 12.2. The van der Waals surface area contributed by atoms with Crippen LogP contribution in [0.5, 0.6) is 0 Å². The second-order valence-electron chi connectivity index (χ2n) is 7.00. The molecule has 0 aromatic carbocycles. The van der Waals surface area contributed by atoms with Crippen LogP contribution in [0.4, 0.5) is 0 Å². The summed E-state index contributed by atoms with van der Waals surface area (Å²) in [6, 6.07) is 0. The predicted molar refractivity (Wildman–Crippen MR) is 79.5 cm³/mol. The Morgan fingerprint density at radius 2 is 2.00 bits per heavy atom. The number of carbonyl (C=O) groups is 1. The number of rotatable bonds is 3. The van der Waals surface area contributed by atoms with Gasteiger partial charge in [-0.3, -0.25) is 4.79 Å². The summed E-state index contributed by atoms with van der Waals surface area (Å²) in [6.45, 7) is 4.27. The normalized spacial score (nSPS) is 35.7. The molecule has 0 spiro atoms. The molecule has 2 saturated carbocycles. The van der Waals surface area contributed by atoms with Crippen molar-refractivity contribution in [3.63, 3.8) is 0 Å². The highest BCUT2D eigenvalue weighted by Crippen LogP contribution is 2.49. The van der Waals surface area contributed by atoms with Crippen molar-refractivity contribution in [1.29, 1.82) is 0 Å². The van der Waals surface area contributed by atoms with Gasteiger partial charge in [-0.25, -0.2) is 0 Å². The van der Waals surface area contributed by atoms with Crippen molar-refractivity contribution in [3.8, 4) is 0 Å². The van der Waals surface area contributed by atoms with E-state index in [0.717, 1.165) is 44.2 Å². The van der Waals surface area contributed by atoms with Crippen molar-refractivity contribution in [2.24, 2.45) is 17.8 Å². The lowest BCUT2D eigenvalue weighted by molar-refractivity contribution is -0.124. The number of fused-ring (bicyclic) bond motifs is 2. The van der Waals surface area contributed by atoms with Gasteiger partial charge in [0.25, 0.3) is 0 Å². The summed E-state index contributed by atoms with van der Waals surface area (Å²) in [5, 5.41) is 6.66. The van der Waals surface area contributed by atoms with E-state index >= 15 is 0 Å². The summed E-state index contributed by atoms with van der Waals surface area (Å²) < 4.78 is 0. The fourth-order valence-corrected chi connectivity index (χ4v) is 4.36. The van der Waals surface area contributed by atoms with Crippen LogP contribution in [0.2, 0.25) is 0 Å². The first kappa shape index (κ1) is 15.1. The van der Waals surface area contributed by atoms with E-state index in [1.54, 1.807) is 0 Å². The van der Waals surface area contributed by atoms with E-state index in [9.17, 15) is 4.79 Å². The van der Waals surface area contributed by atoms with E-state index < -0.39 is 0 Å². The monoisotopic (exact) mass is 286 g/mol. The Hall–Kier alpha value is -0.280. The van der Waals surface area contributed by atoms with E-state index in [0.29, 0.717) is 11.8 Å². The molecule has 3 atom stereocenters. The summed E-state index contributed by atoms with van der Waals surface area (Å²) in [7, 11) is 0. The Labute approximate surface area is 122 Å². The number of nitrogens with one attached hydrogen (secondary N) is 2. The molecule has 19 heavy (non-hydrogen) atoms. The predicted octanol–water partition coefficient (Wildman–Crippen LogP) is 2.49. The largest absolute Gasteiger partial charge is 0.351 e. The molecule has 0 aromatic heterocycles. The van der Waals surface area contributed by atoms with Gasteiger partial charge in [0.1, 0.15) is 0 Å².